The van der Waals surface area contributed by atoms with Crippen LogP contribution in [0.5, 0.6) is 0 Å². The van der Waals surface area contributed by atoms with Gasteiger partial charge in [-0.05, 0) is 35.0 Å². The van der Waals surface area contributed by atoms with Crippen molar-refractivity contribution in [1.29, 1.82) is 0 Å². The Labute approximate surface area is 94.3 Å². The fraction of sp³-hybridized carbons (Fsp3) is 0.200. The molecule has 0 spiro atoms. The molecule has 2 aromatic heterocycles. The standard InChI is InChI=1S/C10H9BrN2O2/c1-6-3-2-4-8-12-7(5-14)9(11)10(15)13(6)8/h2-4,14H,5H2,1H3. The van der Waals surface area contributed by atoms with Crippen LogP contribution in [0.1, 0.15) is 11.4 Å². The monoisotopic (exact) mass is 268 g/mol. The highest BCUT2D eigenvalue weighted by Crippen LogP contribution is 2.12. The first-order valence-corrected chi connectivity index (χ1v) is 5.22. The van der Waals surface area contributed by atoms with Crippen molar-refractivity contribution in [2.75, 3.05) is 0 Å². The van der Waals surface area contributed by atoms with E-state index in [2.05, 4.69) is 20.9 Å². The summed E-state index contributed by atoms with van der Waals surface area (Å²) in [5.74, 6) is 0. The zero-order chi connectivity index (χ0) is 11.0. The Morgan fingerprint density at radius 3 is 2.93 bits per heavy atom. The Hall–Kier alpha value is -1.20. The van der Waals surface area contributed by atoms with Crippen LogP contribution in [0.25, 0.3) is 5.65 Å². The molecule has 0 radical (unpaired) electrons. The molecule has 78 valence electrons. The molecule has 1 N–H and O–H groups in total. The maximum atomic E-state index is 11.9. The second kappa shape index (κ2) is 3.75. The molecule has 0 unspecified atom stereocenters. The van der Waals surface area contributed by atoms with Gasteiger partial charge in [0.15, 0.2) is 0 Å². The number of halogens is 1. The van der Waals surface area contributed by atoms with Crippen LogP contribution in [-0.4, -0.2) is 14.5 Å². The van der Waals surface area contributed by atoms with Gasteiger partial charge in [-0.25, -0.2) is 4.98 Å². The molecule has 5 heteroatoms. The van der Waals surface area contributed by atoms with Crippen LogP contribution < -0.4 is 5.56 Å². The fourth-order valence-electron chi connectivity index (χ4n) is 1.47. The van der Waals surface area contributed by atoms with Gasteiger partial charge in [-0.15, -0.1) is 0 Å². The number of hydrogen-bond donors (Lipinski definition) is 1. The van der Waals surface area contributed by atoms with Crippen LogP contribution in [0, 0.1) is 6.92 Å². The maximum Gasteiger partial charge on any atom is 0.272 e. The minimum Gasteiger partial charge on any atom is -0.390 e. The molecule has 0 atom stereocenters. The van der Waals surface area contributed by atoms with Crippen LogP contribution in [0.2, 0.25) is 0 Å². The van der Waals surface area contributed by atoms with Crippen LogP contribution in [0.4, 0.5) is 0 Å². The van der Waals surface area contributed by atoms with Crippen molar-refractivity contribution >= 4 is 21.6 Å². The largest absolute Gasteiger partial charge is 0.390 e. The number of pyridine rings is 1. The topological polar surface area (TPSA) is 54.6 Å². The summed E-state index contributed by atoms with van der Waals surface area (Å²) in [7, 11) is 0. The summed E-state index contributed by atoms with van der Waals surface area (Å²) < 4.78 is 1.82. The predicted octanol–water partition coefficient (Wildman–Crippen LogP) is 1.26. The van der Waals surface area contributed by atoms with Gasteiger partial charge in [0.05, 0.1) is 12.3 Å². The van der Waals surface area contributed by atoms with E-state index in [0.717, 1.165) is 5.69 Å². The quantitative estimate of drug-likeness (QED) is 0.847. The van der Waals surface area contributed by atoms with Gasteiger partial charge in [0.25, 0.3) is 5.56 Å². The first-order chi connectivity index (χ1) is 7.15. The molecule has 0 saturated carbocycles. The average molecular weight is 269 g/mol. The van der Waals surface area contributed by atoms with Gasteiger partial charge < -0.3 is 5.11 Å². The molecule has 0 aliphatic rings. The number of fused-ring (bicyclic) bond motifs is 1. The summed E-state index contributed by atoms with van der Waals surface area (Å²) in [6.45, 7) is 1.58. The van der Waals surface area contributed by atoms with Gasteiger partial charge in [0, 0.05) is 5.69 Å². The summed E-state index contributed by atoms with van der Waals surface area (Å²) in [5.41, 5.74) is 1.54. The molecule has 0 amide bonds. The van der Waals surface area contributed by atoms with Gasteiger partial charge in [-0.2, -0.15) is 0 Å². The van der Waals surface area contributed by atoms with Crippen LogP contribution in [0.3, 0.4) is 0 Å². The molecule has 2 rings (SSSR count). The molecule has 0 fully saturated rings. The number of aryl methyl sites for hydroxylation is 1. The van der Waals surface area contributed by atoms with E-state index in [4.69, 9.17) is 5.11 Å². The van der Waals surface area contributed by atoms with E-state index in [0.29, 0.717) is 15.8 Å². The zero-order valence-electron chi connectivity index (χ0n) is 8.07. The summed E-state index contributed by atoms with van der Waals surface area (Å²) in [5, 5.41) is 9.03. The first kappa shape index (κ1) is 10.3. The van der Waals surface area contributed by atoms with E-state index in [1.54, 1.807) is 6.07 Å². The number of nitrogens with zero attached hydrogens (tertiary/aromatic N) is 2. The fourth-order valence-corrected chi connectivity index (χ4v) is 1.86. The smallest absolute Gasteiger partial charge is 0.272 e. The lowest BCUT2D eigenvalue weighted by Gasteiger charge is -2.06. The number of aliphatic hydroxyl groups excluding tert-OH is 1. The molecule has 4 nitrogen and oxygen atoms in total. The number of aromatic nitrogens is 2. The highest BCUT2D eigenvalue weighted by molar-refractivity contribution is 9.10. The Kier molecular flexibility index (Phi) is 2.58. The van der Waals surface area contributed by atoms with E-state index >= 15 is 0 Å². The molecule has 0 aromatic carbocycles. The Bertz CT molecular complexity index is 577. The molecule has 2 aromatic rings. The van der Waals surface area contributed by atoms with Crippen molar-refractivity contribution in [3.63, 3.8) is 0 Å². The van der Waals surface area contributed by atoms with Crippen molar-refractivity contribution in [3.05, 3.63) is 44.4 Å². The van der Waals surface area contributed by atoms with Gasteiger partial charge in [0.1, 0.15) is 10.1 Å². The SMILES string of the molecule is Cc1cccc2nc(CO)c(Br)c(=O)n12. The third-order valence-electron chi connectivity index (χ3n) is 2.21. The summed E-state index contributed by atoms with van der Waals surface area (Å²) in [6.07, 6.45) is 0. The summed E-state index contributed by atoms with van der Waals surface area (Å²) >= 11 is 3.14. The van der Waals surface area contributed by atoms with E-state index in [1.165, 1.54) is 4.40 Å². The number of aliphatic hydroxyl groups is 1. The highest BCUT2D eigenvalue weighted by atomic mass is 79.9. The Morgan fingerprint density at radius 2 is 2.27 bits per heavy atom. The minimum absolute atomic E-state index is 0.192. The van der Waals surface area contributed by atoms with E-state index in [1.807, 2.05) is 19.1 Å². The summed E-state index contributed by atoms with van der Waals surface area (Å²) in [6, 6.07) is 5.40. The van der Waals surface area contributed by atoms with E-state index in [9.17, 15) is 4.79 Å². The lowest BCUT2D eigenvalue weighted by Crippen LogP contribution is -2.20. The van der Waals surface area contributed by atoms with Gasteiger partial charge in [-0.1, -0.05) is 6.07 Å². The lowest BCUT2D eigenvalue weighted by molar-refractivity contribution is 0.276. The van der Waals surface area contributed by atoms with E-state index in [-0.39, 0.29) is 12.2 Å². The zero-order valence-corrected chi connectivity index (χ0v) is 9.65. The van der Waals surface area contributed by atoms with Crippen LogP contribution in [0.15, 0.2) is 27.5 Å². The normalized spacial score (nSPS) is 10.9. The van der Waals surface area contributed by atoms with Crippen molar-refractivity contribution in [2.45, 2.75) is 13.5 Å². The maximum absolute atomic E-state index is 11.9. The van der Waals surface area contributed by atoms with Crippen LogP contribution >= 0.6 is 15.9 Å². The Morgan fingerprint density at radius 1 is 1.53 bits per heavy atom. The highest BCUT2D eigenvalue weighted by Gasteiger charge is 2.09. The lowest BCUT2D eigenvalue weighted by atomic mass is 10.3. The molecular weight excluding hydrogens is 260 g/mol. The van der Waals surface area contributed by atoms with Crippen molar-refractivity contribution in [3.8, 4) is 0 Å². The van der Waals surface area contributed by atoms with Crippen molar-refractivity contribution in [1.82, 2.24) is 9.38 Å². The molecule has 0 aliphatic carbocycles. The first-order valence-electron chi connectivity index (χ1n) is 4.42. The molecule has 0 aliphatic heterocycles. The van der Waals surface area contributed by atoms with E-state index < -0.39 is 0 Å². The Balaban J connectivity index is 2.98. The molecule has 0 saturated heterocycles. The second-order valence-corrected chi connectivity index (χ2v) is 3.99. The van der Waals surface area contributed by atoms with Gasteiger partial charge in [0.2, 0.25) is 0 Å². The van der Waals surface area contributed by atoms with Gasteiger partial charge >= 0.3 is 0 Å². The number of hydrogen-bond acceptors (Lipinski definition) is 3. The molecule has 2 heterocycles. The summed E-state index contributed by atoms with van der Waals surface area (Å²) in [4.78, 5) is 16.1. The van der Waals surface area contributed by atoms with Gasteiger partial charge in [-0.3, -0.25) is 9.20 Å². The number of rotatable bonds is 1. The molecule has 15 heavy (non-hydrogen) atoms. The van der Waals surface area contributed by atoms with Crippen molar-refractivity contribution < 1.29 is 5.11 Å². The predicted molar refractivity (Wildman–Crippen MR) is 59.8 cm³/mol. The van der Waals surface area contributed by atoms with Crippen LogP contribution in [-0.2, 0) is 6.61 Å². The van der Waals surface area contributed by atoms with Crippen molar-refractivity contribution in [2.24, 2.45) is 0 Å². The minimum atomic E-state index is -0.250. The second-order valence-electron chi connectivity index (χ2n) is 3.20. The molecule has 0 bridgehead atoms. The average Bonchev–Trinajstić information content (AvgIpc) is 2.23. The molecular formula is C10H9BrN2O2. The third-order valence-corrected chi connectivity index (χ3v) is 3.00. The third kappa shape index (κ3) is 1.57.